The highest BCUT2D eigenvalue weighted by Gasteiger charge is 2.29. The van der Waals surface area contributed by atoms with Gasteiger partial charge in [0.1, 0.15) is 0 Å². The third kappa shape index (κ3) is 2.70. The van der Waals surface area contributed by atoms with E-state index in [1.807, 2.05) is 17.9 Å². The summed E-state index contributed by atoms with van der Waals surface area (Å²) in [6, 6.07) is 5.50. The molecule has 7 heteroatoms. The van der Waals surface area contributed by atoms with Crippen LogP contribution < -0.4 is 9.62 Å². The minimum atomic E-state index is -3.25. The molecule has 2 aliphatic heterocycles. The van der Waals surface area contributed by atoms with Gasteiger partial charge in [-0.1, -0.05) is 0 Å². The summed E-state index contributed by atoms with van der Waals surface area (Å²) in [4.78, 5) is 14.5. The Morgan fingerprint density at radius 2 is 2.09 bits per heavy atom. The first-order chi connectivity index (χ1) is 10.4. The zero-order valence-corrected chi connectivity index (χ0v) is 13.7. The van der Waals surface area contributed by atoms with Crippen LogP contribution in [0.15, 0.2) is 18.2 Å². The van der Waals surface area contributed by atoms with Gasteiger partial charge in [-0.15, -0.1) is 0 Å². The van der Waals surface area contributed by atoms with E-state index < -0.39 is 10.0 Å². The number of anilines is 1. The van der Waals surface area contributed by atoms with Crippen LogP contribution in [-0.2, 0) is 16.4 Å². The molecule has 2 heterocycles. The van der Waals surface area contributed by atoms with E-state index in [-0.39, 0.29) is 11.9 Å². The molecule has 1 saturated heterocycles. The second-order valence-electron chi connectivity index (χ2n) is 5.98. The summed E-state index contributed by atoms with van der Waals surface area (Å²) in [5.41, 5.74) is 2.27. The molecular weight excluding hydrogens is 302 g/mol. The largest absolute Gasteiger partial charge is 0.333 e. The molecule has 1 aromatic carbocycles. The quantitative estimate of drug-likeness (QED) is 0.857. The second kappa shape index (κ2) is 5.55. The predicted molar refractivity (Wildman–Crippen MR) is 85.7 cm³/mol. The summed E-state index contributed by atoms with van der Waals surface area (Å²) in [5, 5.41) is 3.27. The molecule has 2 aliphatic rings. The van der Waals surface area contributed by atoms with E-state index in [9.17, 15) is 13.2 Å². The van der Waals surface area contributed by atoms with Gasteiger partial charge >= 0.3 is 0 Å². The number of amides is 1. The number of carbonyl (C=O) groups is 1. The topological polar surface area (TPSA) is 69.7 Å². The second-order valence-corrected chi connectivity index (χ2v) is 7.89. The van der Waals surface area contributed by atoms with Crippen LogP contribution in [0.2, 0.25) is 0 Å². The molecule has 0 radical (unpaired) electrons. The number of rotatable bonds is 2. The molecule has 1 fully saturated rings. The maximum Gasteiger partial charge on any atom is 0.254 e. The maximum absolute atomic E-state index is 12.7. The lowest BCUT2D eigenvalue weighted by molar-refractivity contribution is 0.0655. The van der Waals surface area contributed by atoms with Crippen molar-refractivity contribution in [2.45, 2.75) is 19.4 Å². The number of hydrogen-bond donors (Lipinski definition) is 1. The van der Waals surface area contributed by atoms with E-state index >= 15 is 0 Å². The average molecular weight is 323 g/mol. The predicted octanol–water partition coefficient (Wildman–Crippen LogP) is 0.443. The summed E-state index contributed by atoms with van der Waals surface area (Å²) in [7, 11) is -3.25. The SMILES string of the molecule is CC1CNCCN1C(=O)c1ccc2c(c1)CCN2S(C)(=O)=O. The van der Waals surface area contributed by atoms with Crippen LogP contribution in [0.4, 0.5) is 5.69 Å². The normalized spacial score (nSPS) is 21.8. The van der Waals surface area contributed by atoms with Crippen LogP contribution in [-0.4, -0.2) is 57.7 Å². The van der Waals surface area contributed by atoms with Gasteiger partial charge in [0, 0.05) is 37.8 Å². The van der Waals surface area contributed by atoms with Crippen LogP contribution in [0, 0.1) is 0 Å². The number of benzene rings is 1. The van der Waals surface area contributed by atoms with Crippen LogP contribution >= 0.6 is 0 Å². The number of hydrogen-bond acceptors (Lipinski definition) is 4. The van der Waals surface area contributed by atoms with Gasteiger partial charge in [0.25, 0.3) is 5.91 Å². The highest BCUT2D eigenvalue weighted by atomic mass is 32.2. The van der Waals surface area contributed by atoms with Crippen molar-refractivity contribution in [2.24, 2.45) is 0 Å². The maximum atomic E-state index is 12.7. The van der Waals surface area contributed by atoms with Crippen molar-refractivity contribution in [3.63, 3.8) is 0 Å². The van der Waals surface area contributed by atoms with Gasteiger partial charge < -0.3 is 10.2 Å². The summed E-state index contributed by atoms with van der Waals surface area (Å²) < 4.78 is 24.9. The molecule has 1 N–H and O–H groups in total. The first kappa shape index (κ1) is 15.3. The van der Waals surface area contributed by atoms with E-state index in [0.29, 0.717) is 30.8 Å². The summed E-state index contributed by atoms with van der Waals surface area (Å²) in [6.45, 7) is 4.80. The molecule has 0 bridgehead atoms. The highest BCUT2D eigenvalue weighted by molar-refractivity contribution is 7.92. The molecule has 22 heavy (non-hydrogen) atoms. The minimum Gasteiger partial charge on any atom is -0.333 e. The molecular formula is C15H21N3O3S. The van der Waals surface area contributed by atoms with E-state index in [2.05, 4.69) is 5.32 Å². The lowest BCUT2D eigenvalue weighted by Gasteiger charge is -2.34. The third-order valence-corrected chi connectivity index (χ3v) is 5.52. The Labute approximate surface area is 131 Å². The Morgan fingerprint density at radius 1 is 1.32 bits per heavy atom. The van der Waals surface area contributed by atoms with E-state index in [1.54, 1.807) is 12.1 Å². The molecule has 1 aromatic rings. The number of nitrogens with one attached hydrogen (secondary N) is 1. The summed E-state index contributed by atoms with van der Waals surface area (Å²) in [6.07, 6.45) is 1.87. The Bertz CT molecular complexity index is 702. The average Bonchev–Trinajstić information content (AvgIpc) is 2.90. The monoisotopic (exact) mass is 323 g/mol. The highest BCUT2D eigenvalue weighted by Crippen LogP contribution is 2.31. The first-order valence-corrected chi connectivity index (χ1v) is 9.35. The first-order valence-electron chi connectivity index (χ1n) is 7.50. The van der Waals surface area contributed by atoms with Crippen molar-refractivity contribution in [3.05, 3.63) is 29.3 Å². The molecule has 120 valence electrons. The van der Waals surface area contributed by atoms with Crippen molar-refractivity contribution in [2.75, 3.05) is 36.7 Å². The van der Waals surface area contributed by atoms with Gasteiger partial charge in [-0.25, -0.2) is 8.42 Å². The summed E-state index contributed by atoms with van der Waals surface area (Å²) in [5.74, 6) is 0.0228. The molecule has 0 spiro atoms. The molecule has 1 atom stereocenters. The molecule has 0 saturated carbocycles. The van der Waals surface area contributed by atoms with Gasteiger partial charge in [-0.3, -0.25) is 9.10 Å². The van der Waals surface area contributed by atoms with Crippen molar-refractivity contribution in [1.29, 1.82) is 0 Å². The molecule has 1 unspecified atom stereocenters. The van der Waals surface area contributed by atoms with Crippen molar-refractivity contribution in [1.82, 2.24) is 10.2 Å². The number of nitrogens with zero attached hydrogens (tertiary/aromatic N) is 2. The smallest absolute Gasteiger partial charge is 0.254 e. The van der Waals surface area contributed by atoms with Crippen molar-refractivity contribution < 1.29 is 13.2 Å². The fourth-order valence-corrected chi connectivity index (χ4v) is 4.12. The Balaban J connectivity index is 1.87. The number of sulfonamides is 1. The summed E-state index contributed by atoms with van der Waals surface area (Å²) >= 11 is 0. The number of fused-ring (bicyclic) bond motifs is 1. The Kier molecular flexibility index (Phi) is 3.86. The van der Waals surface area contributed by atoms with Crippen LogP contribution in [0.1, 0.15) is 22.8 Å². The van der Waals surface area contributed by atoms with Gasteiger partial charge in [-0.05, 0) is 37.1 Å². The molecule has 3 rings (SSSR count). The standard InChI is InChI=1S/C15H21N3O3S/c1-11-10-16-6-8-17(11)15(19)13-3-4-14-12(9-13)5-7-18(14)22(2,20)21/h3-4,9,11,16H,5-8,10H2,1-2H3. The molecule has 0 aromatic heterocycles. The zero-order chi connectivity index (χ0) is 15.9. The van der Waals surface area contributed by atoms with Crippen LogP contribution in [0.25, 0.3) is 0 Å². The fourth-order valence-electron chi connectivity index (χ4n) is 3.16. The minimum absolute atomic E-state index is 0.0228. The van der Waals surface area contributed by atoms with Gasteiger partial charge in [-0.2, -0.15) is 0 Å². The zero-order valence-electron chi connectivity index (χ0n) is 12.9. The molecule has 0 aliphatic carbocycles. The third-order valence-electron chi connectivity index (χ3n) is 4.34. The van der Waals surface area contributed by atoms with Crippen LogP contribution in [0.3, 0.4) is 0 Å². The van der Waals surface area contributed by atoms with Crippen molar-refractivity contribution in [3.8, 4) is 0 Å². The lowest BCUT2D eigenvalue weighted by Crippen LogP contribution is -2.52. The molecule has 1 amide bonds. The van der Waals surface area contributed by atoms with Crippen molar-refractivity contribution >= 4 is 21.6 Å². The van der Waals surface area contributed by atoms with Gasteiger partial charge in [0.15, 0.2) is 0 Å². The fraction of sp³-hybridized carbons (Fsp3) is 0.533. The van der Waals surface area contributed by atoms with Gasteiger partial charge in [0.2, 0.25) is 10.0 Å². The van der Waals surface area contributed by atoms with E-state index in [1.165, 1.54) is 10.6 Å². The van der Waals surface area contributed by atoms with E-state index in [4.69, 9.17) is 0 Å². The van der Waals surface area contributed by atoms with Crippen LogP contribution in [0.5, 0.6) is 0 Å². The van der Waals surface area contributed by atoms with Gasteiger partial charge in [0.05, 0.1) is 11.9 Å². The Morgan fingerprint density at radius 3 is 2.77 bits per heavy atom. The number of piperazine rings is 1. The Hall–Kier alpha value is -1.60. The number of carbonyl (C=O) groups excluding carboxylic acids is 1. The molecule has 6 nitrogen and oxygen atoms in total. The van der Waals surface area contributed by atoms with E-state index in [0.717, 1.165) is 18.7 Å². The lowest BCUT2D eigenvalue weighted by atomic mass is 10.1.